The third kappa shape index (κ3) is 3.99. The second kappa shape index (κ2) is 7.42. The summed E-state index contributed by atoms with van der Waals surface area (Å²) >= 11 is 1.45. The maximum atomic E-state index is 12.6. The van der Waals surface area contributed by atoms with Gasteiger partial charge in [0, 0.05) is 18.3 Å². The Morgan fingerprint density at radius 1 is 1.26 bits per heavy atom. The first-order valence-electron chi connectivity index (χ1n) is 7.57. The number of aliphatic carboxylic acids is 1. The number of rotatable bonds is 6. The summed E-state index contributed by atoms with van der Waals surface area (Å²) in [5.41, 5.74) is 1.99. The quantitative estimate of drug-likeness (QED) is 0.883. The van der Waals surface area contributed by atoms with Crippen LogP contribution in [0.25, 0.3) is 0 Å². The van der Waals surface area contributed by atoms with E-state index in [2.05, 4.69) is 0 Å². The molecule has 1 amide bonds. The first-order valence-corrected chi connectivity index (χ1v) is 8.38. The molecule has 2 aromatic rings. The van der Waals surface area contributed by atoms with Gasteiger partial charge in [-0.3, -0.25) is 4.79 Å². The third-order valence-corrected chi connectivity index (χ3v) is 5.27. The average Bonchev–Trinajstić information content (AvgIpc) is 2.93. The van der Waals surface area contributed by atoms with Crippen LogP contribution in [0, 0.1) is 6.92 Å². The van der Waals surface area contributed by atoms with E-state index in [4.69, 9.17) is 0 Å². The highest BCUT2D eigenvalue weighted by Crippen LogP contribution is 2.24. The molecule has 1 atom stereocenters. The molecule has 0 saturated carbocycles. The number of aryl methyl sites for hydroxylation is 2. The lowest BCUT2D eigenvalue weighted by atomic mass is 10.0. The smallest absolute Gasteiger partial charge is 0.326 e. The SMILES string of the molecule is CCc1sc(C(=O)N(C)C(Cc2ccccc2)C(=O)O)cc1C. The van der Waals surface area contributed by atoms with E-state index in [0.29, 0.717) is 11.3 Å². The maximum absolute atomic E-state index is 12.6. The van der Waals surface area contributed by atoms with Crippen molar-refractivity contribution in [1.29, 1.82) is 0 Å². The van der Waals surface area contributed by atoms with E-state index in [1.807, 2.05) is 50.2 Å². The van der Waals surface area contributed by atoms with Crippen LogP contribution in [-0.2, 0) is 17.6 Å². The molecule has 0 spiro atoms. The number of hydrogen-bond acceptors (Lipinski definition) is 3. The van der Waals surface area contributed by atoms with Gasteiger partial charge in [-0.1, -0.05) is 37.3 Å². The highest BCUT2D eigenvalue weighted by Gasteiger charge is 2.28. The molecular weight excluding hydrogens is 310 g/mol. The van der Waals surface area contributed by atoms with Gasteiger partial charge in [0.1, 0.15) is 6.04 Å². The molecule has 2 rings (SSSR count). The van der Waals surface area contributed by atoms with Crippen molar-refractivity contribution in [3.8, 4) is 0 Å². The van der Waals surface area contributed by atoms with Gasteiger partial charge in [0.25, 0.3) is 5.91 Å². The van der Waals surface area contributed by atoms with Crippen LogP contribution in [0.2, 0.25) is 0 Å². The molecule has 0 fully saturated rings. The van der Waals surface area contributed by atoms with Gasteiger partial charge in [-0.05, 0) is 30.5 Å². The number of nitrogens with zero attached hydrogens (tertiary/aromatic N) is 1. The number of carboxylic acid groups (broad SMARTS) is 1. The van der Waals surface area contributed by atoms with Crippen LogP contribution < -0.4 is 0 Å². The van der Waals surface area contributed by atoms with Crippen molar-refractivity contribution < 1.29 is 14.7 Å². The molecule has 4 nitrogen and oxygen atoms in total. The summed E-state index contributed by atoms with van der Waals surface area (Å²) in [6.07, 6.45) is 1.17. The molecular formula is C18H21NO3S. The first-order chi connectivity index (χ1) is 10.9. The molecule has 23 heavy (non-hydrogen) atoms. The molecule has 0 radical (unpaired) electrons. The Labute approximate surface area is 140 Å². The fourth-order valence-corrected chi connectivity index (χ4v) is 3.62. The Balaban J connectivity index is 2.21. The molecule has 0 bridgehead atoms. The molecule has 1 unspecified atom stereocenters. The number of likely N-dealkylation sites (N-methyl/N-ethyl adjacent to an activating group) is 1. The van der Waals surface area contributed by atoms with Crippen LogP contribution in [-0.4, -0.2) is 35.0 Å². The normalized spacial score (nSPS) is 12.0. The molecule has 1 aromatic heterocycles. The predicted octanol–water partition coefficient (Wildman–Crippen LogP) is 3.39. The predicted molar refractivity (Wildman–Crippen MR) is 92.1 cm³/mol. The molecule has 122 valence electrons. The van der Waals surface area contributed by atoms with Crippen LogP contribution in [0.3, 0.4) is 0 Å². The number of carboxylic acids is 1. The van der Waals surface area contributed by atoms with Gasteiger partial charge >= 0.3 is 5.97 Å². The molecule has 0 aliphatic heterocycles. The standard InChI is InChI=1S/C18H21NO3S/c1-4-15-12(2)10-16(23-15)17(20)19(3)14(18(21)22)11-13-8-6-5-7-9-13/h5-10,14H,4,11H2,1-3H3,(H,21,22). The van der Waals surface area contributed by atoms with Crippen molar-refractivity contribution in [3.05, 3.63) is 57.3 Å². The van der Waals surface area contributed by atoms with E-state index in [0.717, 1.165) is 22.4 Å². The van der Waals surface area contributed by atoms with Crippen LogP contribution in [0.5, 0.6) is 0 Å². The molecule has 0 aliphatic rings. The lowest BCUT2D eigenvalue weighted by Gasteiger charge is -2.24. The van der Waals surface area contributed by atoms with E-state index < -0.39 is 12.0 Å². The summed E-state index contributed by atoms with van der Waals surface area (Å²) < 4.78 is 0. The Bertz CT molecular complexity index is 694. The van der Waals surface area contributed by atoms with Gasteiger partial charge in [-0.15, -0.1) is 11.3 Å². The second-order valence-electron chi connectivity index (χ2n) is 5.53. The largest absolute Gasteiger partial charge is 0.480 e. The minimum absolute atomic E-state index is 0.235. The van der Waals surface area contributed by atoms with E-state index in [9.17, 15) is 14.7 Å². The highest BCUT2D eigenvalue weighted by molar-refractivity contribution is 7.14. The van der Waals surface area contributed by atoms with Crippen LogP contribution in [0.1, 0.15) is 32.6 Å². The van der Waals surface area contributed by atoms with Crippen molar-refractivity contribution in [3.63, 3.8) is 0 Å². The number of benzene rings is 1. The summed E-state index contributed by atoms with van der Waals surface area (Å²) in [4.78, 5) is 27.3. The molecule has 1 aromatic carbocycles. The first kappa shape index (κ1) is 17.2. The van der Waals surface area contributed by atoms with Gasteiger partial charge in [0.15, 0.2) is 0 Å². The Kier molecular flexibility index (Phi) is 5.55. The summed E-state index contributed by atoms with van der Waals surface area (Å²) in [6.45, 7) is 4.02. The molecule has 5 heteroatoms. The van der Waals surface area contributed by atoms with Gasteiger partial charge in [-0.2, -0.15) is 0 Å². The summed E-state index contributed by atoms with van der Waals surface area (Å²) in [5.74, 6) is -1.23. The van der Waals surface area contributed by atoms with E-state index in [-0.39, 0.29) is 5.91 Å². The topological polar surface area (TPSA) is 57.6 Å². The van der Waals surface area contributed by atoms with Crippen LogP contribution >= 0.6 is 11.3 Å². The number of hydrogen-bond donors (Lipinski definition) is 1. The monoisotopic (exact) mass is 331 g/mol. The molecule has 1 N–H and O–H groups in total. The number of carbonyl (C=O) groups excluding carboxylic acids is 1. The zero-order valence-corrected chi connectivity index (χ0v) is 14.4. The lowest BCUT2D eigenvalue weighted by Crippen LogP contribution is -2.43. The van der Waals surface area contributed by atoms with E-state index in [1.54, 1.807) is 7.05 Å². The van der Waals surface area contributed by atoms with Gasteiger partial charge in [-0.25, -0.2) is 4.79 Å². The zero-order valence-electron chi connectivity index (χ0n) is 13.6. The second-order valence-corrected chi connectivity index (χ2v) is 6.67. The van der Waals surface area contributed by atoms with Gasteiger partial charge in [0.05, 0.1) is 4.88 Å². The van der Waals surface area contributed by atoms with E-state index >= 15 is 0 Å². The number of amides is 1. The molecule has 0 aliphatic carbocycles. The third-order valence-electron chi connectivity index (χ3n) is 3.90. The Morgan fingerprint density at radius 3 is 2.43 bits per heavy atom. The molecule has 1 heterocycles. The van der Waals surface area contributed by atoms with Crippen molar-refractivity contribution in [1.82, 2.24) is 4.90 Å². The van der Waals surface area contributed by atoms with Crippen molar-refractivity contribution in [2.24, 2.45) is 0 Å². The summed E-state index contributed by atoms with van der Waals surface area (Å²) in [7, 11) is 1.56. The van der Waals surface area contributed by atoms with Gasteiger partial charge < -0.3 is 10.0 Å². The Hall–Kier alpha value is -2.14. The van der Waals surface area contributed by atoms with Crippen molar-refractivity contribution in [2.45, 2.75) is 32.7 Å². The van der Waals surface area contributed by atoms with Crippen molar-refractivity contribution in [2.75, 3.05) is 7.05 Å². The fourth-order valence-electron chi connectivity index (χ4n) is 2.52. The van der Waals surface area contributed by atoms with Crippen LogP contribution in [0.15, 0.2) is 36.4 Å². The number of thiophene rings is 1. The van der Waals surface area contributed by atoms with E-state index in [1.165, 1.54) is 16.2 Å². The molecule has 0 saturated heterocycles. The van der Waals surface area contributed by atoms with Gasteiger partial charge in [0.2, 0.25) is 0 Å². The Morgan fingerprint density at radius 2 is 1.91 bits per heavy atom. The van der Waals surface area contributed by atoms with Crippen LogP contribution in [0.4, 0.5) is 0 Å². The zero-order chi connectivity index (χ0) is 17.0. The summed E-state index contributed by atoms with van der Waals surface area (Å²) in [6, 6.07) is 10.3. The summed E-state index contributed by atoms with van der Waals surface area (Å²) in [5, 5.41) is 9.52. The maximum Gasteiger partial charge on any atom is 0.326 e. The average molecular weight is 331 g/mol. The minimum Gasteiger partial charge on any atom is -0.480 e. The highest BCUT2D eigenvalue weighted by atomic mass is 32.1. The number of carbonyl (C=O) groups is 2. The fraction of sp³-hybridized carbons (Fsp3) is 0.333. The van der Waals surface area contributed by atoms with Crippen molar-refractivity contribution >= 4 is 23.2 Å². The lowest BCUT2D eigenvalue weighted by molar-refractivity contribution is -0.141. The minimum atomic E-state index is -0.992.